The quantitative estimate of drug-likeness (QED) is 0.544. The van der Waals surface area contributed by atoms with Crippen LogP contribution in [0.1, 0.15) is 33.1 Å². The second-order valence-corrected chi connectivity index (χ2v) is 6.48. The van der Waals surface area contributed by atoms with Crippen LogP contribution < -0.4 is 0 Å². The van der Waals surface area contributed by atoms with Crippen molar-refractivity contribution in [2.75, 3.05) is 6.61 Å². The van der Waals surface area contributed by atoms with E-state index in [0.717, 1.165) is 6.61 Å². The van der Waals surface area contributed by atoms with Crippen molar-refractivity contribution >= 4 is 22.6 Å². The van der Waals surface area contributed by atoms with Gasteiger partial charge in [-0.25, -0.2) is 0 Å². The Hall–Kier alpha value is 0.690. The number of alkyl halides is 1. The molecule has 1 fully saturated rings. The number of ether oxygens (including phenoxy) is 1. The van der Waals surface area contributed by atoms with Crippen molar-refractivity contribution in [2.24, 2.45) is 0 Å². The summed E-state index contributed by atoms with van der Waals surface area (Å²) in [6.07, 6.45) is 4.28. The van der Waals surface area contributed by atoms with Gasteiger partial charge in [0.1, 0.15) is 0 Å². The number of hydrogen-bond acceptors (Lipinski definition) is 1. The zero-order valence-corrected chi connectivity index (χ0v) is 8.85. The van der Waals surface area contributed by atoms with Crippen molar-refractivity contribution < 1.29 is 4.74 Å². The summed E-state index contributed by atoms with van der Waals surface area (Å²) in [6, 6.07) is 0. The molecule has 0 saturated carbocycles. The molecule has 1 aliphatic rings. The van der Waals surface area contributed by atoms with E-state index in [1.807, 2.05) is 0 Å². The van der Waals surface area contributed by atoms with Gasteiger partial charge in [0, 0.05) is 10.0 Å². The molecule has 1 saturated heterocycles. The van der Waals surface area contributed by atoms with E-state index in [0.29, 0.717) is 9.53 Å². The summed E-state index contributed by atoms with van der Waals surface area (Å²) in [4.78, 5) is 0. The molecule has 0 amide bonds. The van der Waals surface area contributed by atoms with Crippen LogP contribution >= 0.6 is 22.6 Å². The first-order valence-electron chi connectivity index (χ1n) is 3.88. The molecule has 1 unspecified atom stereocenters. The van der Waals surface area contributed by atoms with Crippen LogP contribution in [0.5, 0.6) is 0 Å². The van der Waals surface area contributed by atoms with E-state index >= 15 is 0 Å². The minimum atomic E-state index is 0.409. The highest BCUT2D eigenvalue weighted by molar-refractivity contribution is 14.1. The highest BCUT2D eigenvalue weighted by Gasteiger charge is 2.23. The Balaban J connectivity index is 2.24. The molecule has 1 aliphatic heterocycles. The molecule has 0 aromatic rings. The molecule has 1 atom stereocenters. The molecule has 0 aromatic carbocycles. The van der Waals surface area contributed by atoms with E-state index in [1.165, 1.54) is 19.3 Å². The van der Waals surface area contributed by atoms with Crippen LogP contribution in [0.15, 0.2) is 0 Å². The third-order valence-electron chi connectivity index (χ3n) is 1.74. The van der Waals surface area contributed by atoms with Gasteiger partial charge < -0.3 is 4.74 Å². The van der Waals surface area contributed by atoms with Crippen molar-refractivity contribution in [1.29, 1.82) is 0 Å². The Morgan fingerprint density at radius 1 is 1.60 bits per heavy atom. The maximum atomic E-state index is 5.52. The molecule has 10 heavy (non-hydrogen) atoms. The van der Waals surface area contributed by atoms with Gasteiger partial charge in [0.2, 0.25) is 0 Å². The lowest BCUT2D eigenvalue weighted by Gasteiger charge is -2.20. The van der Waals surface area contributed by atoms with Crippen molar-refractivity contribution in [3.63, 3.8) is 0 Å². The Morgan fingerprint density at radius 2 is 2.30 bits per heavy atom. The molecule has 0 spiro atoms. The van der Waals surface area contributed by atoms with E-state index in [2.05, 4.69) is 36.4 Å². The summed E-state index contributed by atoms with van der Waals surface area (Å²) in [7, 11) is 0. The standard InChI is InChI=1S/C8H15IO/c1-8(2,9)6-7-4-3-5-10-7/h7H,3-6H2,1-2H3. The first-order valence-corrected chi connectivity index (χ1v) is 4.96. The SMILES string of the molecule is CC(C)(I)CC1CCCO1. The third-order valence-corrected chi connectivity index (χ3v) is 2.18. The highest BCUT2D eigenvalue weighted by Crippen LogP contribution is 2.28. The van der Waals surface area contributed by atoms with Crippen LogP contribution in [-0.4, -0.2) is 16.1 Å². The van der Waals surface area contributed by atoms with Crippen molar-refractivity contribution in [2.45, 2.75) is 42.6 Å². The molecule has 1 nitrogen and oxygen atoms in total. The van der Waals surface area contributed by atoms with E-state index < -0.39 is 0 Å². The second-order valence-electron chi connectivity index (χ2n) is 3.56. The van der Waals surface area contributed by atoms with Crippen LogP contribution in [0.25, 0.3) is 0 Å². The average Bonchev–Trinajstić information content (AvgIpc) is 2.12. The van der Waals surface area contributed by atoms with Gasteiger partial charge in [0.05, 0.1) is 6.10 Å². The van der Waals surface area contributed by atoms with E-state index in [1.54, 1.807) is 0 Å². The smallest absolute Gasteiger partial charge is 0.0588 e. The zero-order valence-electron chi connectivity index (χ0n) is 6.69. The fraction of sp³-hybridized carbons (Fsp3) is 1.00. The molecule has 0 radical (unpaired) electrons. The maximum Gasteiger partial charge on any atom is 0.0588 e. The van der Waals surface area contributed by atoms with Gasteiger partial charge in [-0.15, -0.1) is 0 Å². The minimum absolute atomic E-state index is 0.409. The fourth-order valence-electron chi connectivity index (χ4n) is 1.35. The summed E-state index contributed by atoms with van der Waals surface area (Å²) in [6.45, 7) is 5.50. The first-order chi connectivity index (χ1) is 4.58. The lowest BCUT2D eigenvalue weighted by Crippen LogP contribution is -2.19. The maximum absolute atomic E-state index is 5.52. The molecule has 0 aromatic heterocycles. The van der Waals surface area contributed by atoms with Crippen molar-refractivity contribution in [3.05, 3.63) is 0 Å². The van der Waals surface area contributed by atoms with Crippen LogP contribution in [0, 0.1) is 0 Å². The molecule has 0 bridgehead atoms. The number of hydrogen-bond donors (Lipinski definition) is 0. The van der Waals surface area contributed by atoms with Crippen LogP contribution in [0.2, 0.25) is 0 Å². The fourth-order valence-corrected chi connectivity index (χ4v) is 1.84. The van der Waals surface area contributed by atoms with Crippen molar-refractivity contribution in [1.82, 2.24) is 0 Å². The van der Waals surface area contributed by atoms with E-state index in [4.69, 9.17) is 4.74 Å². The Morgan fingerprint density at radius 3 is 2.70 bits per heavy atom. The van der Waals surface area contributed by atoms with Crippen LogP contribution in [-0.2, 0) is 4.74 Å². The monoisotopic (exact) mass is 254 g/mol. The summed E-state index contributed by atoms with van der Waals surface area (Å²) >= 11 is 2.49. The largest absolute Gasteiger partial charge is 0.378 e. The van der Waals surface area contributed by atoms with Gasteiger partial charge in [-0.2, -0.15) is 0 Å². The highest BCUT2D eigenvalue weighted by atomic mass is 127. The van der Waals surface area contributed by atoms with Gasteiger partial charge >= 0.3 is 0 Å². The van der Waals surface area contributed by atoms with E-state index in [9.17, 15) is 0 Å². The minimum Gasteiger partial charge on any atom is -0.378 e. The molecule has 0 aliphatic carbocycles. The summed E-state index contributed by atoms with van der Waals surface area (Å²) in [5.41, 5.74) is 0. The molecular weight excluding hydrogens is 239 g/mol. The van der Waals surface area contributed by atoms with E-state index in [-0.39, 0.29) is 0 Å². The van der Waals surface area contributed by atoms with Crippen LogP contribution in [0.3, 0.4) is 0 Å². The predicted molar refractivity (Wildman–Crippen MR) is 51.7 cm³/mol. The zero-order chi connectivity index (χ0) is 7.61. The van der Waals surface area contributed by atoms with Gasteiger partial charge in [0.25, 0.3) is 0 Å². The summed E-state index contributed by atoms with van der Waals surface area (Å²) < 4.78 is 5.93. The average molecular weight is 254 g/mol. The lowest BCUT2D eigenvalue weighted by atomic mass is 10.0. The third kappa shape index (κ3) is 3.19. The topological polar surface area (TPSA) is 9.23 Å². The number of halogens is 1. The molecule has 1 heterocycles. The molecule has 2 heteroatoms. The van der Waals surface area contributed by atoms with Gasteiger partial charge in [-0.1, -0.05) is 36.4 Å². The van der Waals surface area contributed by atoms with Gasteiger partial charge in [-0.05, 0) is 19.3 Å². The lowest BCUT2D eigenvalue weighted by molar-refractivity contribution is 0.0993. The van der Waals surface area contributed by atoms with Gasteiger partial charge in [0.15, 0.2) is 0 Å². The Bertz CT molecular complexity index is 100. The summed E-state index contributed by atoms with van der Waals surface area (Å²) in [5, 5.41) is 0. The predicted octanol–water partition coefficient (Wildman–Crippen LogP) is 2.77. The molecule has 0 N–H and O–H groups in total. The second kappa shape index (κ2) is 3.39. The van der Waals surface area contributed by atoms with Crippen LogP contribution in [0.4, 0.5) is 0 Å². The normalized spacial score (nSPS) is 27.3. The first kappa shape index (κ1) is 8.78. The number of rotatable bonds is 2. The van der Waals surface area contributed by atoms with Crippen molar-refractivity contribution in [3.8, 4) is 0 Å². The Kier molecular flexibility index (Phi) is 2.98. The Labute approximate surface area is 76.7 Å². The van der Waals surface area contributed by atoms with Gasteiger partial charge in [-0.3, -0.25) is 0 Å². The molecular formula is C8H15IO. The molecule has 1 rings (SSSR count). The molecule has 60 valence electrons. The summed E-state index contributed by atoms with van der Waals surface area (Å²) in [5.74, 6) is 0.